The van der Waals surface area contributed by atoms with Gasteiger partial charge in [0.1, 0.15) is 12.6 Å². The van der Waals surface area contributed by atoms with Gasteiger partial charge >= 0.3 is 0 Å². The third-order valence-electron chi connectivity index (χ3n) is 12.6. The summed E-state index contributed by atoms with van der Waals surface area (Å²) in [5.41, 5.74) is 12.4. The average Bonchev–Trinajstić information content (AvgIpc) is 3.61. The molecular formula is C39H50N6O2Si2. The summed E-state index contributed by atoms with van der Waals surface area (Å²) in [7, 11) is -3.53. The minimum atomic E-state index is -1.85. The highest BCUT2D eigenvalue weighted by Crippen LogP contribution is 2.56. The Kier molecular flexibility index (Phi) is 7.77. The first-order valence-electron chi connectivity index (χ1n) is 17.5. The first-order chi connectivity index (χ1) is 22.9. The molecule has 8 nitrogen and oxygen atoms in total. The number of imidazole rings is 1. The molecule has 256 valence electrons. The second kappa shape index (κ2) is 11.3. The van der Waals surface area contributed by atoms with E-state index in [4.69, 9.17) is 20.4 Å². The standard InChI is InChI=1S/C39H50N6O2Si2/c1-38(2,3)48(7,8)21-29-30(49(9,10)39(4,5)6)20-31(47-29)45-36-33(35(40)41-22-42-36)44-37(45)43-28-19-18-24-23-14-11-12-15-25(23)34(46)27-17-13-16-26(28)32(24)27/h11-19,22,29-31H,20-21H2,1-10H3,(H,43,44)(H2,40,41,42)/t29-,30+,31-/m1/s1. The predicted molar refractivity (Wildman–Crippen MR) is 207 cm³/mol. The third-order valence-corrected chi connectivity index (χ3v) is 24.4. The molecule has 1 aliphatic heterocycles. The SMILES string of the molecule is CC(C)(C)[Si](C)(C)C[C@H]1O[C@@H](n2c(Nc3ccc4c5c(cccc35)C(=O)c3ccccc3-4)nc3c(N)ncnc32)C[C@@H]1[Si](C)(C)C(C)(C)C. The van der Waals surface area contributed by atoms with E-state index in [2.05, 4.69) is 101 Å². The number of hydrogen-bond acceptors (Lipinski definition) is 7. The highest BCUT2D eigenvalue weighted by molar-refractivity contribution is 6.83. The molecule has 1 saturated heterocycles. The summed E-state index contributed by atoms with van der Waals surface area (Å²) in [6, 6.07) is 19.1. The van der Waals surface area contributed by atoms with Crippen molar-refractivity contribution < 1.29 is 9.53 Å². The third kappa shape index (κ3) is 5.34. The molecule has 3 N–H and O–H groups in total. The summed E-state index contributed by atoms with van der Waals surface area (Å²) in [6.07, 6.45) is 2.26. The molecule has 3 heterocycles. The number of carbonyl (C=O) groups is 1. The first-order valence-corrected chi connectivity index (χ1v) is 23.8. The first kappa shape index (κ1) is 33.6. The molecule has 0 amide bonds. The molecule has 3 atom stereocenters. The quantitative estimate of drug-likeness (QED) is 0.167. The van der Waals surface area contributed by atoms with Crippen molar-refractivity contribution in [2.24, 2.45) is 0 Å². The molecule has 7 rings (SSSR count). The van der Waals surface area contributed by atoms with Crippen molar-refractivity contribution in [3.05, 3.63) is 72.1 Å². The Bertz CT molecular complexity index is 2120. The van der Waals surface area contributed by atoms with Gasteiger partial charge in [0.2, 0.25) is 5.95 Å². The van der Waals surface area contributed by atoms with Crippen LogP contribution in [0.4, 0.5) is 17.5 Å². The Morgan fingerprint density at radius 2 is 1.57 bits per heavy atom. The van der Waals surface area contributed by atoms with Gasteiger partial charge in [-0.2, -0.15) is 0 Å². The maximum Gasteiger partial charge on any atom is 0.211 e. The maximum absolute atomic E-state index is 13.6. The zero-order chi connectivity index (χ0) is 35.3. The van der Waals surface area contributed by atoms with Gasteiger partial charge < -0.3 is 15.8 Å². The van der Waals surface area contributed by atoms with Crippen LogP contribution in [-0.4, -0.2) is 47.6 Å². The van der Waals surface area contributed by atoms with Crippen molar-refractivity contribution >= 4 is 61.3 Å². The topological polar surface area (TPSA) is 108 Å². The number of nitrogens with zero attached hydrogens (tertiary/aromatic N) is 4. The van der Waals surface area contributed by atoms with Crippen LogP contribution in [0.15, 0.2) is 60.9 Å². The van der Waals surface area contributed by atoms with Gasteiger partial charge in [0, 0.05) is 27.6 Å². The summed E-state index contributed by atoms with van der Waals surface area (Å²) in [4.78, 5) is 27.7. The fourth-order valence-corrected chi connectivity index (χ4v) is 12.9. The van der Waals surface area contributed by atoms with E-state index in [0.29, 0.717) is 34.0 Å². The fourth-order valence-electron chi connectivity index (χ4n) is 7.60. The van der Waals surface area contributed by atoms with Crippen LogP contribution in [0.1, 0.15) is 70.1 Å². The van der Waals surface area contributed by atoms with Gasteiger partial charge in [-0.3, -0.25) is 9.36 Å². The average molecular weight is 691 g/mol. The van der Waals surface area contributed by atoms with Crippen LogP contribution in [0.5, 0.6) is 0 Å². The lowest BCUT2D eigenvalue weighted by Gasteiger charge is -2.46. The van der Waals surface area contributed by atoms with E-state index in [1.54, 1.807) is 0 Å². The summed E-state index contributed by atoms with van der Waals surface area (Å²) in [6.45, 7) is 24.5. The molecule has 2 aromatic heterocycles. The molecule has 0 spiro atoms. The Balaban J connectivity index is 1.35. The van der Waals surface area contributed by atoms with Crippen molar-refractivity contribution in [1.29, 1.82) is 0 Å². The Morgan fingerprint density at radius 1 is 0.878 bits per heavy atom. The highest BCUT2D eigenvalue weighted by atomic mass is 28.3. The summed E-state index contributed by atoms with van der Waals surface area (Å²) in [5.74, 6) is 0.991. The normalized spacial score (nSPS) is 19.9. The van der Waals surface area contributed by atoms with Crippen LogP contribution in [0.2, 0.25) is 47.8 Å². The summed E-state index contributed by atoms with van der Waals surface area (Å²) >= 11 is 0. The van der Waals surface area contributed by atoms with Crippen LogP contribution >= 0.6 is 0 Å². The fraction of sp³-hybridized carbons (Fsp3) is 0.436. The Labute approximate surface area is 291 Å². The summed E-state index contributed by atoms with van der Waals surface area (Å²) < 4.78 is 9.39. The van der Waals surface area contributed by atoms with Gasteiger partial charge in [0.05, 0.1) is 22.3 Å². The number of ether oxygens (including phenoxy) is 1. The van der Waals surface area contributed by atoms with Gasteiger partial charge in [0.15, 0.2) is 22.8 Å². The number of hydrogen-bond donors (Lipinski definition) is 2. The number of nitrogens with two attached hydrogens (primary N) is 1. The van der Waals surface area contributed by atoms with E-state index in [-0.39, 0.29) is 28.2 Å². The van der Waals surface area contributed by atoms with Crippen LogP contribution in [0.3, 0.4) is 0 Å². The second-order valence-electron chi connectivity index (χ2n) is 17.4. The summed E-state index contributed by atoms with van der Waals surface area (Å²) in [5, 5.41) is 6.03. The lowest BCUT2D eigenvalue weighted by Crippen LogP contribution is -2.48. The Morgan fingerprint density at radius 3 is 2.27 bits per heavy atom. The minimum Gasteiger partial charge on any atom is -0.382 e. The molecule has 49 heavy (non-hydrogen) atoms. The van der Waals surface area contributed by atoms with Crippen molar-refractivity contribution in [2.45, 2.75) is 108 Å². The second-order valence-corrected chi connectivity index (χ2v) is 28.8. The smallest absolute Gasteiger partial charge is 0.211 e. The van der Waals surface area contributed by atoms with Gasteiger partial charge in [0.25, 0.3) is 0 Å². The number of rotatable bonds is 6. The van der Waals surface area contributed by atoms with Crippen LogP contribution in [-0.2, 0) is 4.74 Å². The molecule has 3 aromatic carbocycles. The number of carbonyl (C=O) groups excluding carboxylic acids is 1. The molecule has 5 aromatic rings. The lowest BCUT2D eigenvalue weighted by molar-refractivity contribution is 0.0132. The molecular weight excluding hydrogens is 641 g/mol. The number of fused-ring (bicyclic) bond motifs is 3. The molecule has 0 radical (unpaired) electrons. The molecule has 1 aliphatic carbocycles. The van der Waals surface area contributed by atoms with E-state index in [1.165, 1.54) is 6.33 Å². The van der Waals surface area contributed by atoms with Crippen LogP contribution in [0, 0.1) is 0 Å². The van der Waals surface area contributed by atoms with E-state index >= 15 is 0 Å². The van der Waals surface area contributed by atoms with Gasteiger partial charge in [-0.1, -0.05) is 116 Å². The van der Waals surface area contributed by atoms with Crippen LogP contribution < -0.4 is 11.1 Å². The van der Waals surface area contributed by atoms with Gasteiger partial charge in [-0.05, 0) is 45.3 Å². The van der Waals surface area contributed by atoms with Crippen molar-refractivity contribution in [1.82, 2.24) is 19.5 Å². The van der Waals surface area contributed by atoms with E-state index in [9.17, 15) is 4.79 Å². The predicted octanol–water partition coefficient (Wildman–Crippen LogP) is 10.2. The van der Waals surface area contributed by atoms with Crippen molar-refractivity contribution in [2.75, 3.05) is 11.1 Å². The largest absolute Gasteiger partial charge is 0.382 e. The minimum absolute atomic E-state index is 0.0462. The van der Waals surface area contributed by atoms with Gasteiger partial charge in [-0.25, -0.2) is 15.0 Å². The number of aromatic nitrogens is 4. The van der Waals surface area contributed by atoms with E-state index in [0.717, 1.165) is 45.6 Å². The van der Waals surface area contributed by atoms with Gasteiger partial charge in [-0.15, -0.1) is 0 Å². The molecule has 10 heteroatoms. The van der Waals surface area contributed by atoms with Crippen molar-refractivity contribution in [3.8, 4) is 11.1 Å². The molecule has 2 aliphatic rings. The molecule has 0 bridgehead atoms. The number of benzene rings is 3. The number of anilines is 3. The van der Waals surface area contributed by atoms with Crippen molar-refractivity contribution in [3.63, 3.8) is 0 Å². The zero-order valence-electron chi connectivity index (χ0n) is 30.6. The Hall–Kier alpha value is -3.87. The monoisotopic (exact) mass is 690 g/mol. The van der Waals surface area contributed by atoms with E-state index < -0.39 is 16.1 Å². The molecule has 1 fully saturated rings. The molecule has 0 unspecified atom stereocenters. The zero-order valence-corrected chi connectivity index (χ0v) is 32.6. The highest BCUT2D eigenvalue weighted by Gasteiger charge is 2.53. The van der Waals surface area contributed by atoms with Crippen LogP contribution in [0.25, 0.3) is 33.1 Å². The van der Waals surface area contributed by atoms with E-state index in [1.807, 2.05) is 36.4 Å². The number of nitrogens with one attached hydrogen (secondary N) is 1. The number of nitrogen functional groups attached to an aromatic ring is 1. The lowest BCUT2D eigenvalue weighted by atomic mass is 9.82. The number of ketones is 1. The maximum atomic E-state index is 13.6. The molecule has 0 saturated carbocycles.